The number of ether oxygens (including phenoxy) is 1. The number of esters is 1. The summed E-state index contributed by atoms with van der Waals surface area (Å²) in [5.41, 5.74) is 1.25. The fourth-order valence-electron chi connectivity index (χ4n) is 2.59. The van der Waals surface area contributed by atoms with E-state index in [-0.39, 0.29) is 5.57 Å². The van der Waals surface area contributed by atoms with Crippen molar-refractivity contribution in [3.8, 4) is 6.07 Å². The van der Waals surface area contributed by atoms with Crippen LogP contribution in [0.25, 0.3) is 0 Å². The van der Waals surface area contributed by atoms with Crippen LogP contribution in [0.1, 0.15) is 19.8 Å². The van der Waals surface area contributed by atoms with Gasteiger partial charge >= 0.3 is 5.97 Å². The second-order valence-corrected chi connectivity index (χ2v) is 4.31. The van der Waals surface area contributed by atoms with Crippen molar-refractivity contribution in [3.63, 3.8) is 0 Å². The van der Waals surface area contributed by atoms with Gasteiger partial charge in [-0.3, -0.25) is 4.90 Å². The molecule has 2 aliphatic rings. The Morgan fingerprint density at radius 1 is 1.69 bits per heavy atom. The zero-order valence-corrected chi connectivity index (χ0v) is 9.53. The summed E-state index contributed by atoms with van der Waals surface area (Å²) in [6.45, 7) is 4.94. The van der Waals surface area contributed by atoms with Crippen molar-refractivity contribution in [2.75, 3.05) is 26.2 Å². The summed E-state index contributed by atoms with van der Waals surface area (Å²) < 4.78 is 4.92. The molecule has 2 atom stereocenters. The molecule has 0 amide bonds. The van der Waals surface area contributed by atoms with E-state index in [2.05, 4.69) is 4.90 Å². The number of nitrogens with zero attached hydrogens (tertiary/aromatic N) is 2. The second kappa shape index (κ2) is 4.67. The highest BCUT2D eigenvalue weighted by molar-refractivity contribution is 5.94. The molecule has 2 aliphatic heterocycles. The van der Waals surface area contributed by atoms with Gasteiger partial charge in [-0.25, -0.2) is 4.79 Å². The number of piperidine rings is 1. The molecule has 2 fully saturated rings. The molecule has 2 rings (SSSR count). The van der Waals surface area contributed by atoms with Gasteiger partial charge in [0.15, 0.2) is 0 Å². The lowest BCUT2D eigenvalue weighted by Crippen LogP contribution is -2.25. The quantitative estimate of drug-likeness (QED) is 0.397. The molecule has 0 aromatic rings. The van der Waals surface area contributed by atoms with Gasteiger partial charge < -0.3 is 4.74 Å². The lowest BCUT2D eigenvalue weighted by Gasteiger charge is -2.20. The molecule has 0 spiro atoms. The van der Waals surface area contributed by atoms with Gasteiger partial charge in [0.25, 0.3) is 0 Å². The van der Waals surface area contributed by atoms with Crippen LogP contribution >= 0.6 is 0 Å². The number of hydrogen-bond acceptors (Lipinski definition) is 4. The van der Waals surface area contributed by atoms with Gasteiger partial charge in [-0.15, -0.1) is 0 Å². The van der Waals surface area contributed by atoms with Crippen LogP contribution in [0.3, 0.4) is 0 Å². The SMILES string of the molecule is CCOC(=O)/C(C#N)=C1/CN2CCCC1C2. The number of carbonyl (C=O) groups excluding carboxylic acids is 1. The molecule has 0 radical (unpaired) electrons. The molecule has 86 valence electrons. The van der Waals surface area contributed by atoms with Crippen LogP contribution < -0.4 is 0 Å². The molecule has 16 heavy (non-hydrogen) atoms. The standard InChI is InChI=1S/C12H16N2O2/c1-2-16-12(15)10(6-13)11-8-14-5-3-4-9(11)7-14/h9H,2-5,7-8H2,1H3/b11-10-. The minimum atomic E-state index is -0.450. The molecule has 0 N–H and O–H groups in total. The Morgan fingerprint density at radius 2 is 2.50 bits per heavy atom. The van der Waals surface area contributed by atoms with E-state index >= 15 is 0 Å². The molecule has 4 nitrogen and oxygen atoms in total. The largest absolute Gasteiger partial charge is 0.462 e. The summed E-state index contributed by atoms with van der Waals surface area (Å²) in [6.07, 6.45) is 2.26. The molecular formula is C12H16N2O2. The summed E-state index contributed by atoms with van der Waals surface area (Å²) >= 11 is 0. The number of rotatable bonds is 2. The first kappa shape index (κ1) is 11.2. The third-order valence-corrected chi connectivity index (χ3v) is 3.30. The van der Waals surface area contributed by atoms with E-state index in [0.29, 0.717) is 12.5 Å². The van der Waals surface area contributed by atoms with E-state index in [0.717, 1.165) is 38.0 Å². The van der Waals surface area contributed by atoms with Crippen molar-refractivity contribution in [2.45, 2.75) is 19.8 Å². The average molecular weight is 220 g/mol. The van der Waals surface area contributed by atoms with E-state index in [1.165, 1.54) is 0 Å². The van der Waals surface area contributed by atoms with Crippen molar-refractivity contribution in [1.29, 1.82) is 5.26 Å². The summed E-state index contributed by atoms with van der Waals surface area (Å²) in [4.78, 5) is 13.9. The molecule has 0 aliphatic carbocycles. The molecule has 2 unspecified atom stereocenters. The molecule has 2 heterocycles. The summed E-state index contributed by atoms with van der Waals surface area (Å²) in [5, 5.41) is 9.08. The molecule has 0 aromatic heterocycles. The summed E-state index contributed by atoms with van der Waals surface area (Å²) in [6, 6.07) is 2.02. The van der Waals surface area contributed by atoms with Gasteiger partial charge in [0.1, 0.15) is 11.6 Å². The molecule has 2 bridgehead atoms. The third kappa shape index (κ3) is 1.96. The fourth-order valence-corrected chi connectivity index (χ4v) is 2.59. The van der Waals surface area contributed by atoms with Gasteiger partial charge in [0, 0.05) is 13.1 Å². The van der Waals surface area contributed by atoms with Crippen molar-refractivity contribution < 1.29 is 9.53 Å². The summed E-state index contributed by atoms with van der Waals surface area (Å²) in [5.74, 6) is -0.0541. The van der Waals surface area contributed by atoms with E-state index in [9.17, 15) is 4.79 Å². The van der Waals surface area contributed by atoms with Gasteiger partial charge in [0.2, 0.25) is 0 Å². The van der Waals surface area contributed by atoms with Gasteiger partial charge in [0.05, 0.1) is 6.61 Å². The van der Waals surface area contributed by atoms with Crippen LogP contribution in [0.15, 0.2) is 11.1 Å². The Hall–Kier alpha value is -1.34. The fraction of sp³-hybridized carbons (Fsp3) is 0.667. The van der Waals surface area contributed by atoms with Crippen LogP contribution in [0.2, 0.25) is 0 Å². The Bertz CT molecular complexity index is 368. The Labute approximate surface area is 95.5 Å². The minimum absolute atomic E-state index is 0.247. The first-order valence-electron chi connectivity index (χ1n) is 5.79. The third-order valence-electron chi connectivity index (χ3n) is 3.30. The van der Waals surface area contributed by atoms with Crippen LogP contribution in [0.5, 0.6) is 0 Å². The Morgan fingerprint density at radius 3 is 3.12 bits per heavy atom. The van der Waals surface area contributed by atoms with E-state index < -0.39 is 5.97 Å². The first-order valence-corrected chi connectivity index (χ1v) is 5.79. The van der Waals surface area contributed by atoms with Crippen molar-refractivity contribution in [3.05, 3.63) is 11.1 Å². The topological polar surface area (TPSA) is 53.3 Å². The first-order chi connectivity index (χ1) is 7.76. The van der Waals surface area contributed by atoms with E-state index in [4.69, 9.17) is 10.00 Å². The highest BCUT2D eigenvalue weighted by atomic mass is 16.5. The smallest absolute Gasteiger partial charge is 0.348 e. The molecule has 0 aromatic carbocycles. The lowest BCUT2D eigenvalue weighted by molar-refractivity contribution is -0.138. The maximum Gasteiger partial charge on any atom is 0.348 e. The normalized spacial score (nSPS) is 30.8. The average Bonchev–Trinajstić information content (AvgIpc) is 2.56. The number of fused-ring (bicyclic) bond motifs is 2. The number of carbonyl (C=O) groups is 1. The van der Waals surface area contributed by atoms with E-state index in [1.807, 2.05) is 6.07 Å². The predicted octanol–water partition coefficient (Wildman–Crippen LogP) is 1.10. The van der Waals surface area contributed by atoms with Crippen molar-refractivity contribution in [1.82, 2.24) is 4.90 Å². The molecule has 0 saturated carbocycles. The highest BCUT2D eigenvalue weighted by Gasteiger charge is 2.34. The number of hydrogen-bond donors (Lipinski definition) is 0. The van der Waals surface area contributed by atoms with Crippen LogP contribution in [-0.2, 0) is 9.53 Å². The van der Waals surface area contributed by atoms with Gasteiger partial charge in [-0.2, -0.15) is 5.26 Å². The van der Waals surface area contributed by atoms with Crippen molar-refractivity contribution in [2.24, 2.45) is 5.92 Å². The maximum atomic E-state index is 11.6. The highest BCUT2D eigenvalue weighted by Crippen LogP contribution is 2.33. The Balaban J connectivity index is 2.24. The van der Waals surface area contributed by atoms with Gasteiger partial charge in [-0.05, 0) is 37.8 Å². The summed E-state index contributed by atoms with van der Waals surface area (Å²) in [7, 11) is 0. The van der Waals surface area contributed by atoms with Gasteiger partial charge in [-0.1, -0.05) is 0 Å². The molecule has 2 saturated heterocycles. The number of nitriles is 1. The maximum absolute atomic E-state index is 11.6. The predicted molar refractivity (Wildman–Crippen MR) is 58.4 cm³/mol. The van der Waals surface area contributed by atoms with Crippen LogP contribution in [0.4, 0.5) is 0 Å². The minimum Gasteiger partial charge on any atom is -0.462 e. The zero-order valence-electron chi connectivity index (χ0n) is 9.53. The molecular weight excluding hydrogens is 204 g/mol. The molecule has 4 heteroatoms. The zero-order chi connectivity index (χ0) is 11.5. The Kier molecular flexibility index (Phi) is 3.25. The van der Waals surface area contributed by atoms with E-state index in [1.54, 1.807) is 6.92 Å². The van der Waals surface area contributed by atoms with Crippen molar-refractivity contribution >= 4 is 5.97 Å². The van der Waals surface area contributed by atoms with Crippen LogP contribution in [0, 0.1) is 17.2 Å². The second-order valence-electron chi connectivity index (χ2n) is 4.31. The van der Waals surface area contributed by atoms with Crippen LogP contribution in [-0.4, -0.2) is 37.1 Å². The monoisotopic (exact) mass is 220 g/mol. The lowest BCUT2D eigenvalue weighted by atomic mass is 9.93.